The van der Waals surface area contributed by atoms with Gasteiger partial charge in [0, 0.05) is 34.8 Å². The van der Waals surface area contributed by atoms with Gasteiger partial charge in [-0.2, -0.15) is 0 Å². The van der Waals surface area contributed by atoms with Crippen molar-refractivity contribution in [3.8, 4) is 0 Å². The molecule has 2 heterocycles. The van der Waals surface area contributed by atoms with Gasteiger partial charge >= 0.3 is 0 Å². The van der Waals surface area contributed by atoms with Crippen molar-refractivity contribution >= 4 is 32.5 Å². The van der Waals surface area contributed by atoms with Crippen LogP contribution in [0.1, 0.15) is 13.3 Å². The van der Waals surface area contributed by atoms with Gasteiger partial charge in [0.1, 0.15) is 0 Å². The van der Waals surface area contributed by atoms with Crippen LogP contribution in [0.5, 0.6) is 0 Å². The molecule has 18 heavy (non-hydrogen) atoms. The number of hydrogen-bond donors (Lipinski definition) is 1. The fourth-order valence-corrected chi connectivity index (χ4v) is 3.02. The summed E-state index contributed by atoms with van der Waals surface area (Å²) in [5, 5.41) is 11.2. The molecule has 94 valence electrons. The third-order valence-electron chi connectivity index (χ3n) is 3.49. The maximum absolute atomic E-state index is 10.1. The maximum Gasteiger partial charge on any atom is 0.0864 e. The van der Waals surface area contributed by atoms with E-state index in [1.165, 1.54) is 0 Å². The van der Waals surface area contributed by atoms with Crippen molar-refractivity contribution in [1.82, 2.24) is 4.98 Å². The van der Waals surface area contributed by atoms with Crippen molar-refractivity contribution in [1.29, 1.82) is 0 Å². The Hall–Kier alpha value is -1.13. The first-order valence-electron chi connectivity index (χ1n) is 6.07. The molecule has 1 aromatic carbocycles. The van der Waals surface area contributed by atoms with Gasteiger partial charge in [-0.05, 0) is 41.4 Å². The quantitative estimate of drug-likeness (QED) is 0.880. The Bertz CT molecular complexity index is 597. The second kappa shape index (κ2) is 4.21. The fraction of sp³-hybridized carbons (Fsp3) is 0.357. The standard InChI is InChI=1S/C14H15BrN2O/c1-14(18)6-8-17(9-14)12-5-7-16-13-10(12)3-2-4-11(13)15/h2-5,7,18H,6,8-9H2,1H3. The summed E-state index contributed by atoms with van der Waals surface area (Å²) in [5.41, 5.74) is 1.54. The smallest absolute Gasteiger partial charge is 0.0864 e. The average Bonchev–Trinajstić information content (AvgIpc) is 2.70. The predicted molar refractivity (Wildman–Crippen MR) is 76.9 cm³/mol. The third kappa shape index (κ3) is 1.99. The van der Waals surface area contributed by atoms with Crippen LogP contribution < -0.4 is 4.90 Å². The highest BCUT2D eigenvalue weighted by molar-refractivity contribution is 9.10. The Morgan fingerprint density at radius 1 is 1.39 bits per heavy atom. The zero-order chi connectivity index (χ0) is 12.8. The lowest BCUT2D eigenvalue weighted by molar-refractivity contribution is 0.0839. The van der Waals surface area contributed by atoms with E-state index >= 15 is 0 Å². The van der Waals surface area contributed by atoms with E-state index in [-0.39, 0.29) is 0 Å². The zero-order valence-corrected chi connectivity index (χ0v) is 11.8. The average molecular weight is 307 g/mol. The molecule has 3 nitrogen and oxygen atoms in total. The van der Waals surface area contributed by atoms with E-state index in [2.05, 4.69) is 31.9 Å². The molecule has 1 saturated heterocycles. The lowest BCUT2D eigenvalue weighted by atomic mass is 10.1. The van der Waals surface area contributed by atoms with Crippen molar-refractivity contribution in [2.24, 2.45) is 0 Å². The molecule has 1 aliphatic rings. The minimum Gasteiger partial charge on any atom is -0.388 e. The Kier molecular flexibility index (Phi) is 2.79. The van der Waals surface area contributed by atoms with E-state index in [0.29, 0.717) is 6.54 Å². The number of aromatic nitrogens is 1. The van der Waals surface area contributed by atoms with Crippen LogP contribution >= 0.6 is 15.9 Å². The normalized spacial score (nSPS) is 23.8. The van der Waals surface area contributed by atoms with Crippen LogP contribution in [0.3, 0.4) is 0 Å². The monoisotopic (exact) mass is 306 g/mol. The van der Waals surface area contributed by atoms with Crippen LogP contribution in [0.4, 0.5) is 5.69 Å². The number of anilines is 1. The Labute approximate surface area is 115 Å². The summed E-state index contributed by atoms with van der Waals surface area (Å²) in [7, 11) is 0. The Morgan fingerprint density at radius 2 is 2.22 bits per heavy atom. The number of β-amino-alcohol motifs (C(OH)–C–C–N with tert-alkyl or cyclic N) is 1. The second-order valence-electron chi connectivity index (χ2n) is 5.13. The molecular weight excluding hydrogens is 292 g/mol. The molecule has 1 unspecified atom stereocenters. The van der Waals surface area contributed by atoms with Gasteiger partial charge in [0.15, 0.2) is 0 Å². The molecule has 0 radical (unpaired) electrons. The highest BCUT2D eigenvalue weighted by atomic mass is 79.9. The highest BCUT2D eigenvalue weighted by Crippen LogP contribution is 2.33. The Balaban J connectivity index is 2.10. The number of aliphatic hydroxyl groups is 1. The molecule has 0 spiro atoms. The number of nitrogens with zero attached hydrogens (tertiary/aromatic N) is 2. The molecule has 1 N–H and O–H groups in total. The number of rotatable bonds is 1. The zero-order valence-electron chi connectivity index (χ0n) is 10.2. The van der Waals surface area contributed by atoms with Crippen LogP contribution in [0, 0.1) is 0 Å². The molecule has 0 saturated carbocycles. The first-order valence-corrected chi connectivity index (χ1v) is 6.87. The summed E-state index contributed by atoms with van der Waals surface area (Å²) in [4.78, 5) is 6.65. The topological polar surface area (TPSA) is 36.4 Å². The van der Waals surface area contributed by atoms with Gasteiger partial charge in [-0.15, -0.1) is 0 Å². The van der Waals surface area contributed by atoms with E-state index < -0.39 is 5.60 Å². The van der Waals surface area contributed by atoms with E-state index in [1.54, 1.807) is 0 Å². The highest BCUT2D eigenvalue weighted by Gasteiger charge is 2.32. The van der Waals surface area contributed by atoms with Crippen LogP contribution in [0.2, 0.25) is 0 Å². The minimum atomic E-state index is -0.582. The summed E-state index contributed by atoms with van der Waals surface area (Å²) >= 11 is 3.53. The molecule has 1 aromatic heterocycles. The van der Waals surface area contributed by atoms with Crippen LogP contribution in [-0.4, -0.2) is 28.8 Å². The molecule has 1 aliphatic heterocycles. The van der Waals surface area contributed by atoms with Crippen molar-refractivity contribution in [3.63, 3.8) is 0 Å². The SMILES string of the molecule is CC1(O)CCN(c2ccnc3c(Br)cccc23)C1. The van der Waals surface area contributed by atoms with E-state index in [4.69, 9.17) is 0 Å². The minimum absolute atomic E-state index is 0.582. The van der Waals surface area contributed by atoms with Crippen LogP contribution in [0.25, 0.3) is 10.9 Å². The maximum atomic E-state index is 10.1. The molecule has 0 bridgehead atoms. The summed E-state index contributed by atoms with van der Waals surface area (Å²) in [6.45, 7) is 3.46. The van der Waals surface area contributed by atoms with Crippen molar-refractivity contribution in [2.75, 3.05) is 18.0 Å². The van der Waals surface area contributed by atoms with Gasteiger partial charge in [0.2, 0.25) is 0 Å². The number of benzene rings is 1. The predicted octanol–water partition coefficient (Wildman–Crippen LogP) is 2.96. The van der Waals surface area contributed by atoms with Gasteiger partial charge in [-0.3, -0.25) is 4.98 Å². The molecule has 1 atom stereocenters. The second-order valence-corrected chi connectivity index (χ2v) is 5.99. The molecule has 4 heteroatoms. The molecule has 0 amide bonds. The van der Waals surface area contributed by atoms with Gasteiger partial charge < -0.3 is 10.0 Å². The lowest BCUT2D eigenvalue weighted by Gasteiger charge is -2.22. The number of halogens is 1. The molecule has 2 aromatic rings. The van der Waals surface area contributed by atoms with Crippen molar-refractivity contribution in [2.45, 2.75) is 18.9 Å². The first kappa shape index (κ1) is 11.9. The summed E-state index contributed by atoms with van der Waals surface area (Å²) in [5.74, 6) is 0. The van der Waals surface area contributed by atoms with Gasteiger partial charge in [-0.1, -0.05) is 12.1 Å². The van der Waals surface area contributed by atoms with Crippen LogP contribution in [-0.2, 0) is 0 Å². The lowest BCUT2D eigenvalue weighted by Crippen LogP contribution is -2.29. The first-order chi connectivity index (χ1) is 8.57. The van der Waals surface area contributed by atoms with Crippen molar-refractivity contribution in [3.05, 3.63) is 34.9 Å². The van der Waals surface area contributed by atoms with Gasteiger partial charge in [0.25, 0.3) is 0 Å². The van der Waals surface area contributed by atoms with Crippen molar-refractivity contribution < 1.29 is 5.11 Å². The number of fused-ring (bicyclic) bond motifs is 1. The number of pyridine rings is 1. The Morgan fingerprint density at radius 3 is 2.94 bits per heavy atom. The van der Waals surface area contributed by atoms with E-state index in [0.717, 1.165) is 34.0 Å². The number of hydrogen-bond acceptors (Lipinski definition) is 3. The molecule has 3 rings (SSSR count). The van der Waals surface area contributed by atoms with Gasteiger partial charge in [0.05, 0.1) is 11.1 Å². The third-order valence-corrected chi connectivity index (χ3v) is 4.13. The summed E-state index contributed by atoms with van der Waals surface area (Å²) < 4.78 is 1.01. The number of para-hydroxylation sites is 1. The molecule has 1 fully saturated rings. The van der Waals surface area contributed by atoms with Gasteiger partial charge in [-0.25, -0.2) is 0 Å². The van der Waals surface area contributed by atoms with E-state index in [9.17, 15) is 5.11 Å². The molecule has 0 aliphatic carbocycles. The molecular formula is C14H15BrN2O. The largest absolute Gasteiger partial charge is 0.388 e. The summed E-state index contributed by atoms with van der Waals surface area (Å²) in [6.07, 6.45) is 2.64. The summed E-state index contributed by atoms with van der Waals surface area (Å²) in [6, 6.07) is 8.12. The van der Waals surface area contributed by atoms with Crippen LogP contribution in [0.15, 0.2) is 34.9 Å². The fourth-order valence-electron chi connectivity index (χ4n) is 2.55. The van der Waals surface area contributed by atoms with E-state index in [1.807, 2.05) is 31.3 Å².